The van der Waals surface area contributed by atoms with Gasteiger partial charge in [-0.2, -0.15) is 0 Å². The Balaban J connectivity index is 1.51. The summed E-state index contributed by atoms with van der Waals surface area (Å²) in [5.74, 6) is 0.632. The number of nitrogens with zero attached hydrogens (tertiary/aromatic N) is 4. The van der Waals surface area contributed by atoms with Crippen molar-refractivity contribution in [3.63, 3.8) is 0 Å². The Bertz CT molecular complexity index is 1250. The minimum Gasteiger partial charge on any atom is -0.368 e. The Hall–Kier alpha value is -3.65. The number of anilines is 1. The van der Waals surface area contributed by atoms with Gasteiger partial charge < -0.3 is 9.88 Å². The molecule has 1 fully saturated rings. The highest BCUT2D eigenvalue weighted by molar-refractivity contribution is 6.02. The molecule has 0 unspecified atom stereocenters. The summed E-state index contributed by atoms with van der Waals surface area (Å²) in [4.78, 5) is 24.4. The molecule has 0 radical (unpaired) electrons. The first kappa shape index (κ1) is 21.6. The number of aromatic amines is 1. The Morgan fingerprint density at radius 3 is 2.62 bits per heavy atom. The van der Waals surface area contributed by atoms with E-state index in [1.54, 1.807) is 6.07 Å². The fourth-order valence-electron chi connectivity index (χ4n) is 4.06. The number of hydrogen-bond acceptors (Lipinski definition) is 6. The van der Waals surface area contributed by atoms with Gasteiger partial charge in [-0.25, -0.2) is 10.5 Å². The predicted molar refractivity (Wildman–Crippen MR) is 128 cm³/mol. The lowest BCUT2D eigenvalue weighted by molar-refractivity contribution is 0.244. The van der Waals surface area contributed by atoms with E-state index >= 15 is 0 Å². The van der Waals surface area contributed by atoms with E-state index in [4.69, 9.17) is 10.9 Å². The highest BCUT2D eigenvalue weighted by Gasteiger charge is 2.21. The molecule has 0 spiro atoms. The molecule has 1 aromatic heterocycles. The Morgan fingerprint density at radius 2 is 1.91 bits per heavy atom. The standard InChI is InChI=1S/C24H27N7O/c1-16(2)13-17-7-8-19(23(25)29-26)21(14-17)31-11-9-30(10-12-31)15-22-27-20-6-4-3-5-18(20)24(32)28-22/h3-8,13-14,25-26H,9-12,15H2,1-2H3,(H,27,28,32). The van der Waals surface area contributed by atoms with E-state index in [1.807, 2.05) is 30.3 Å². The highest BCUT2D eigenvalue weighted by atomic mass is 16.1. The summed E-state index contributed by atoms with van der Waals surface area (Å²) in [7, 11) is 0. The third-order valence-electron chi connectivity index (χ3n) is 5.59. The number of allylic oxidation sites excluding steroid dienone is 1. The molecule has 3 aromatic rings. The SMILES string of the molecule is CC(C)=Cc1ccc(C(=N)N=N)c(N2CCN(Cc3nc4ccccc4c(=O)[nH]3)CC2)c1. The number of hydrogen-bond donors (Lipinski definition) is 3. The average molecular weight is 430 g/mol. The molecule has 32 heavy (non-hydrogen) atoms. The third-order valence-corrected chi connectivity index (χ3v) is 5.59. The lowest BCUT2D eigenvalue weighted by Crippen LogP contribution is -2.46. The first-order chi connectivity index (χ1) is 15.4. The summed E-state index contributed by atoms with van der Waals surface area (Å²) >= 11 is 0. The molecule has 0 amide bonds. The van der Waals surface area contributed by atoms with E-state index in [0.717, 1.165) is 37.4 Å². The van der Waals surface area contributed by atoms with Crippen molar-refractivity contribution < 1.29 is 0 Å². The van der Waals surface area contributed by atoms with Crippen LogP contribution in [0.4, 0.5) is 5.69 Å². The molecule has 0 atom stereocenters. The lowest BCUT2D eigenvalue weighted by Gasteiger charge is -2.36. The van der Waals surface area contributed by atoms with Crippen molar-refractivity contribution in [2.75, 3.05) is 31.1 Å². The van der Waals surface area contributed by atoms with Gasteiger partial charge in [0.1, 0.15) is 5.82 Å². The van der Waals surface area contributed by atoms with Gasteiger partial charge in [0, 0.05) is 37.4 Å². The number of benzene rings is 2. The zero-order valence-corrected chi connectivity index (χ0v) is 18.4. The minimum absolute atomic E-state index is 0.0379. The monoisotopic (exact) mass is 429 g/mol. The molecular weight excluding hydrogens is 402 g/mol. The van der Waals surface area contributed by atoms with Gasteiger partial charge in [-0.3, -0.25) is 15.1 Å². The van der Waals surface area contributed by atoms with E-state index in [-0.39, 0.29) is 11.4 Å². The van der Waals surface area contributed by atoms with Crippen molar-refractivity contribution >= 4 is 28.5 Å². The molecular formula is C24H27N7O. The van der Waals surface area contributed by atoms with Crippen molar-refractivity contribution in [1.29, 1.82) is 10.9 Å². The van der Waals surface area contributed by atoms with E-state index in [1.165, 1.54) is 5.57 Å². The van der Waals surface area contributed by atoms with Crippen LogP contribution in [0.3, 0.4) is 0 Å². The number of rotatable bonds is 5. The summed E-state index contributed by atoms with van der Waals surface area (Å²) in [6.07, 6.45) is 2.10. The second kappa shape index (κ2) is 9.23. The van der Waals surface area contributed by atoms with Crippen LogP contribution in [0.25, 0.3) is 17.0 Å². The molecule has 1 aliphatic rings. The minimum atomic E-state index is -0.109. The van der Waals surface area contributed by atoms with Gasteiger partial charge in [0.15, 0.2) is 5.84 Å². The molecule has 1 saturated heterocycles. The Labute approximate surface area is 186 Å². The summed E-state index contributed by atoms with van der Waals surface area (Å²) in [6.45, 7) is 7.83. The molecule has 1 aliphatic heterocycles. The van der Waals surface area contributed by atoms with Crippen molar-refractivity contribution in [3.05, 3.63) is 75.3 Å². The molecule has 164 valence electrons. The van der Waals surface area contributed by atoms with Crippen molar-refractivity contribution in [2.45, 2.75) is 20.4 Å². The van der Waals surface area contributed by atoms with Gasteiger partial charge in [-0.1, -0.05) is 29.8 Å². The molecule has 0 aliphatic carbocycles. The maximum absolute atomic E-state index is 12.3. The molecule has 8 nitrogen and oxygen atoms in total. The maximum atomic E-state index is 12.3. The predicted octanol–water partition coefficient (Wildman–Crippen LogP) is 4.02. The van der Waals surface area contributed by atoms with E-state index in [2.05, 4.69) is 50.9 Å². The second-order valence-electron chi connectivity index (χ2n) is 8.25. The zero-order valence-electron chi connectivity index (χ0n) is 18.4. The molecule has 0 saturated carbocycles. The Kier molecular flexibility index (Phi) is 6.23. The summed E-state index contributed by atoms with van der Waals surface area (Å²) in [6, 6.07) is 13.3. The molecule has 2 heterocycles. The number of nitrogens with one attached hydrogen (secondary N) is 3. The van der Waals surface area contributed by atoms with E-state index in [9.17, 15) is 4.79 Å². The second-order valence-corrected chi connectivity index (χ2v) is 8.25. The van der Waals surface area contributed by atoms with Gasteiger partial charge in [-0.05, 0) is 43.7 Å². The lowest BCUT2D eigenvalue weighted by atomic mass is 10.0. The van der Waals surface area contributed by atoms with Crippen LogP contribution in [0, 0.1) is 10.9 Å². The first-order valence-electron chi connectivity index (χ1n) is 10.6. The smallest absolute Gasteiger partial charge is 0.258 e. The summed E-state index contributed by atoms with van der Waals surface area (Å²) in [5.41, 5.74) is 11.7. The third kappa shape index (κ3) is 4.65. The normalized spacial score (nSPS) is 14.4. The fraction of sp³-hybridized carbons (Fsp3) is 0.292. The summed E-state index contributed by atoms with van der Waals surface area (Å²) < 4.78 is 0. The van der Waals surface area contributed by atoms with Crippen LogP contribution in [0.5, 0.6) is 0 Å². The van der Waals surface area contributed by atoms with Gasteiger partial charge >= 0.3 is 0 Å². The largest absolute Gasteiger partial charge is 0.368 e. The van der Waals surface area contributed by atoms with Crippen LogP contribution >= 0.6 is 0 Å². The van der Waals surface area contributed by atoms with Crippen LogP contribution in [0.2, 0.25) is 0 Å². The quantitative estimate of drug-likeness (QED) is 0.323. The molecule has 4 rings (SSSR count). The van der Waals surface area contributed by atoms with E-state index in [0.29, 0.717) is 28.8 Å². The van der Waals surface area contributed by atoms with Crippen molar-refractivity contribution in [2.24, 2.45) is 5.11 Å². The average Bonchev–Trinajstić information content (AvgIpc) is 2.79. The van der Waals surface area contributed by atoms with Gasteiger partial charge in [0.25, 0.3) is 5.56 Å². The fourth-order valence-corrected chi connectivity index (χ4v) is 4.06. The van der Waals surface area contributed by atoms with Gasteiger partial charge in [0.2, 0.25) is 0 Å². The number of aromatic nitrogens is 2. The molecule has 0 bridgehead atoms. The number of piperazine rings is 1. The maximum Gasteiger partial charge on any atom is 0.258 e. The van der Waals surface area contributed by atoms with E-state index < -0.39 is 0 Å². The zero-order chi connectivity index (χ0) is 22.7. The molecule has 3 N–H and O–H groups in total. The number of para-hydroxylation sites is 1. The van der Waals surface area contributed by atoms with Gasteiger partial charge in [0.05, 0.1) is 17.4 Å². The summed E-state index contributed by atoms with van der Waals surface area (Å²) in [5, 5.41) is 12.0. The van der Waals surface area contributed by atoms with Crippen LogP contribution < -0.4 is 10.5 Å². The first-order valence-corrected chi connectivity index (χ1v) is 10.6. The molecule has 2 aromatic carbocycles. The van der Waals surface area contributed by atoms with Crippen LogP contribution in [0.15, 0.2) is 57.9 Å². The number of amidine groups is 1. The number of fused-ring (bicyclic) bond motifs is 1. The van der Waals surface area contributed by atoms with Crippen molar-refractivity contribution in [1.82, 2.24) is 14.9 Å². The van der Waals surface area contributed by atoms with Crippen LogP contribution in [-0.4, -0.2) is 46.9 Å². The van der Waals surface area contributed by atoms with Crippen molar-refractivity contribution in [3.8, 4) is 0 Å². The topological polar surface area (TPSA) is 112 Å². The number of H-pyrrole nitrogens is 1. The highest BCUT2D eigenvalue weighted by Crippen LogP contribution is 2.26. The van der Waals surface area contributed by atoms with Gasteiger partial charge in [-0.15, -0.1) is 5.11 Å². The van der Waals surface area contributed by atoms with Crippen LogP contribution in [-0.2, 0) is 6.54 Å². The Morgan fingerprint density at radius 1 is 1.16 bits per heavy atom. The van der Waals surface area contributed by atoms with Crippen LogP contribution in [0.1, 0.15) is 30.8 Å². The molecule has 8 heteroatoms.